The second-order valence-electron chi connectivity index (χ2n) is 3.78. The van der Waals surface area contributed by atoms with Crippen LogP contribution in [0, 0.1) is 5.82 Å². The summed E-state index contributed by atoms with van der Waals surface area (Å²) in [5, 5.41) is 9.86. The molecular weight excluding hydrogens is 294 g/mol. The molecule has 4 heteroatoms. The summed E-state index contributed by atoms with van der Waals surface area (Å²) < 4.78 is 14.2. The Morgan fingerprint density at radius 3 is 2.75 bits per heavy atom. The van der Waals surface area contributed by atoms with Gasteiger partial charge in [-0.3, -0.25) is 0 Å². The maximum absolute atomic E-state index is 13.7. The fraction of sp³-hybridized carbons (Fsp3) is 0.500. The zero-order valence-electron chi connectivity index (χ0n) is 9.14. The molecule has 16 heavy (non-hydrogen) atoms. The summed E-state index contributed by atoms with van der Waals surface area (Å²) in [5.41, 5.74) is 0.282. The topological polar surface area (TPSA) is 20.2 Å². The van der Waals surface area contributed by atoms with E-state index in [1.165, 1.54) is 0 Å². The Balaban J connectivity index is 2.76. The van der Waals surface area contributed by atoms with Gasteiger partial charge in [0.15, 0.2) is 0 Å². The quantitative estimate of drug-likeness (QED) is 0.608. The van der Waals surface area contributed by atoms with Gasteiger partial charge in [0.05, 0.1) is 11.1 Å². The van der Waals surface area contributed by atoms with Crippen molar-refractivity contribution in [3.05, 3.63) is 33.0 Å². The minimum atomic E-state index is -0.767. The summed E-state index contributed by atoms with van der Waals surface area (Å²) in [7, 11) is 0. The Kier molecular flexibility index (Phi) is 5.73. The largest absolute Gasteiger partial charge is 0.388 e. The lowest BCUT2D eigenvalue weighted by atomic mass is 10.0. The summed E-state index contributed by atoms with van der Waals surface area (Å²) >= 11 is 8.89. The number of halogens is 3. The lowest BCUT2D eigenvalue weighted by molar-refractivity contribution is 0.159. The number of hydrogen-bond donors (Lipinski definition) is 1. The first kappa shape index (κ1) is 13.9. The number of rotatable bonds is 5. The molecule has 1 aromatic rings. The number of unbranched alkanes of at least 4 members (excludes halogenated alkanes) is 2. The number of aliphatic hydroxyl groups is 1. The van der Waals surface area contributed by atoms with Gasteiger partial charge in [-0.2, -0.15) is 0 Å². The van der Waals surface area contributed by atoms with Gasteiger partial charge in [-0.15, -0.1) is 0 Å². The van der Waals surface area contributed by atoms with Crippen molar-refractivity contribution < 1.29 is 9.50 Å². The standard InChI is InChI=1S/C12H15BrClFO/c1-2-3-4-5-10(16)8-6-7-9(13)11(14)12(8)15/h6-7,10,16H,2-5H2,1H3. The van der Waals surface area contributed by atoms with E-state index in [0.717, 1.165) is 19.3 Å². The summed E-state index contributed by atoms with van der Waals surface area (Å²) in [4.78, 5) is 0. The van der Waals surface area contributed by atoms with E-state index in [0.29, 0.717) is 10.9 Å². The fourth-order valence-corrected chi connectivity index (χ4v) is 2.02. The molecule has 0 fully saturated rings. The van der Waals surface area contributed by atoms with Crippen LogP contribution < -0.4 is 0 Å². The van der Waals surface area contributed by atoms with Crippen molar-refractivity contribution in [2.45, 2.75) is 38.7 Å². The third-order valence-electron chi connectivity index (χ3n) is 2.51. The van der Waals surface area contributed by atoms with Gasteiger partial charge in [-0.25, -0.2) is 4.39 Å². The first-order valence-electron chi connectivity index (χ1n) is 5.39. The van der Waals surface area contributed by atoms with Gasteiger partial charge in [0.2, 0.25) is 0 Å². The molecule has 1 aromatic carbocycles. The van der Waals surface area contributed by atoms with Crippen LogP contribution in [0.4, 0.5) is 4.39 Å². The third-order valence-corrected chi connectivity index (χ3v) is 3.76. The van der Waals surface area contributed by atoms with Crippen molar-refractivity contribution in [2.24, 2.45) is 0 Å². The Hall–Kier alpha value is -0.120. The van der Waals surface area contributed by atoms with Gasteiger partial charge in [0, 0.05) is 10.0 Å². The average Bonchev–Trinajstić information content (AvgIpc) is 2.26. The van der Waals surface area contributed by atoms with E-state index >= 15 is 0 Å². The van der Waals surface area contributed by atoms with Gasteiger partial charge in [-0.05, 0) is 28.4 Å². The van der Waals surface area contributed by atoms with Crippen molar-refractivity contribution in [3.63, 3.8) is 0 Å². The maximum atomic E-state index is 13.7. The van der Waals surface area contributed by atoms with E-state index < -0.39 is 11.9 Å². The van der Waals surface area contributed by atoms with Crippen molar-refractivity contribution in [3.8, 4) is 0 Å². The molecule has 0 amide bonds. The molecule has 0 aliphatic carbocycles. The van der Waals surface area contributed by atoms with E-state index in [2.05, 4.69) is 22.9 Å². The monoisotopic (exact) mass is 308 g/mol. The van der Waals surface area contributed by atoms with E-state index in [1.807, 2.05) is 0 Å². The number of benzene rings is 1. The third kappa shape index (κ3) is 3.44. The van der Waals surface area contributed by atoms with Crippen LogP contribution in [0.3, 0.4) is 0 Å². The number of aliphatic hydroxyl groups excluding tert-OH is 1. The van der Waals surface area contributed by atoms with Crippen LogP contribution >= 0.6 is 27.5 Å². The Bertz CT molecular complexity index is 357. The number of hydrogen-bond acceptors (Lipinski definition) is 1. The van der Waals surface area contributed by atoms with Gasteiger partial charge in [0.25, 0.3) is 0 Å². The molecule has 0 aliphatic heterocycles. The van der Waals surface area contributed by atoms with Crippen LogP contribution in [0.15, 0.2) is 16.6 Å². The summed E-state index contributed by atoms with van der Waals surface area (Å²) in [6.45, 7) is 2.09. The van der Waals surface area contributed by atoms with Crippen molar-refractivity contribution in [1.82, 2.24) is 0 Å². The molecule has 1 rings (SSSR count). The van der Waals surface area contributed by atoms with Crippen LogP contribution in [0.2, 0.25) is 5.02 Å². The fourth-order valence-electron chi connectivity index (χ4n) is 1.54. The van der Waals surface area contributed by atoms with Gasteiger partial charge >= 0.3 is 0 Å². The molecule has 1 atom stereocenters. The first-order valence-corrected chi connectivity index (χ1v) is 6.56. The molecule has 1 unspecified atom stereocenters. The second kappa shape index (κ2) is 6.58. The SMILES string of the molecule is CCCCCC(O)c1ccc(Br)c(Cl)c1F. The molecule has 0 aromatic heterocycles. The Labute approximate surface area is 109 Å². The average molecular weight is 310 g/mol. The Morgan fingerprint density at radius 2 is 2.12 bits per heavy atom. The highest BCUT2D eigenvalue weighted by Crippen LogP contribution is 2.31. The normalized spacial score (nSPS) is 12.8. The Morgan fingerprint density at radius 1 is 1.44 bits per heavy atom. The highest BCUT2D eigenvalue weighted by Gasteiger charge is 2.16. The summed E-state index contributed by atoms with van der Waals surface area (Å²) in [5.74, 6) is -0.528. The molecule has 1 N–H and O–H groups in total. The predicted molar refractivity (Wildman–Crippen MR) is 68.2 cm³/mol. The zero-order chi connectivity index (χ0) is 12.1. The van der Waals surface area contributed by atoms with Gasteiger partial charge < -0.3 is 5.11 Å². The molecule has 0 saturated heterocycles. The minimum Gasteiger partial charge on any atom is -0.388 e. The molecule has 0 saturated carbocycles. The molecular formula is C12H15BrClFO. The predicted octanol–water partition coefficient (Wildman–Crippen LogP) is 4.86. The van der Waals surface area contributed by atoms with E-state index in [4.69, 9.17) is 11.6 Å². The van der Waals surface area contributed by atoms with E-state index in [9.17, 15) is 9.50 Å². The van der Waals surface area contributed by atoms with Crippen molar-refractivity contribution >= 4 is 27.5 Å². The van der Waals surface area contributed by atoms with Crippen LogP contribution in [-0.4, -0.2) is 5.11 Å². The molecule has 90 valence electrons. The second-order valence-corrected chi connectivity index (χ2v) is 5.01. The van der Waals surface area contributed by atoms with Gasteiger partial charge in [-0.1, -0.05) is 43.9 Å². The molecule has 0 radical (unpaired) electrons. The van der Waals surface area contributed by atoms with Crippen LogP contribution in [0.5, 0.6) is 0 Å². The molecule has 0 bridgehead atoms. The summed E-state index contributed by atoms with van der Waals surface area (Å²) in [6.07, 6.45) is 2.82. The van der Waals surface area contributed by atoms with E-state index in [-0.39, 0.29) is 10.6 Å². The van der Waals surface area contributed by atoms with Crippen molar-refractivity contribution in [1.29, 1.82) is 0 Å². The zero-order valence-corrected chi connectivity index (χ0v) is 11.5. The minimum absolute atomic E-state index is 0.0343. The molecule has 0 spiro atoms. The lowest BCUT2D eigenvalue weighted by Crippen LogP contribution is -2.01. The molecule has 0 heterocycles. The highest BCUT2D eigenvalue weighted by atomic mass is 79.9. The van der Waals surface area contributed by atoms with Crippen LogP contribution in [0.1, 0.15) is 44.3 Å². The van der Waals surface area contributed by atoms with Crippen LogP contribution in [0.25, 0.3) is 0 Å². The maximum Gasteiger partial charge on any atom is 0.148 e. The van der Waals surface area contributed by atoms with Gasteiger partial charge in [0.1, 0.15) is 5.82 Å². The molecule has 1 nitrogen and oxygen atoms in total. The molecule has 0 aliphatic rings. The van der Waals surface area contributed by atoms with Crippen molar-refractivity contribution in [2.75, 3.05) is 0 Å². The van der Waals surface area contributed by atoms with Crippen LogP contribution in [-0.2, 0) is 0 Å². The van der Waals surface area contributed by atoms with E-state index in [1.54, 1.807) is 12.1 Å². The summed E-state index contributed by atoms with van der Waals surface area (Å²) in [6, 6.07) is 3.23. The first-order chi connectivity index (χ1) is 7.57. The smallest absolute Gasteiger partial charge is 0.148 e. The lowest BCUT2D eigenvalue weighted by Gasteiger charge is -2.13. The highest BCUT2D eigenvalue weighted by molar-refractivity contribution is 9.10.